The Morgan fingerprint density at radius 3 is 2.95 bits per heavy atom. The molecule has 2 N–H and O–H groups in total. The Morgan fingerprint density at radius 1 is 1.45 bits per heavy atom. The summed E-state index contributed by atoms with van der Waals surface area (Å²) in [6.45, 7) is 1.82. The van der Waals surface area contributed by atoms with Crippen LogP contribution in [-0.4, -0.2) is 23.5 Å². The van der Waals surface area contributed by atoms with Gasteiger partial charge < -0.3 is 10.4 Å². The standard InChI is InChI=1S/C16H19NO3/c1-10(15(19)20)9-17-14(18)13-8-16(13)7-6-11-4-2-3-5-12(11)16/h2-5,10,13H,6-9H2,1H3,(H,17,18)(H,19,20). The van der Waals surface area contributed by atoms with Gasteiger partial charge in [0.05, 0.1) is 5.92 Å². The van der Waals surface area contributed by atoms with Gasteiger partial charge in [-0.15, -0.1) is 0 Å². The molecule has 106 valence electrons. The van der Waals surface area contributed by atoms with Gasteiger partial charge in [0.15, 0.2) is 0 Å². The predicted molar refractivity (Wildman–Crippen MR) is 74.4 cm³/mol. The van der Waals surface area contributed by atoms with Gasteiger partial charge >= 0.3 is 5.97 Å². The lowest BCUT2D eigenvalue weighted by atomic mass is 9.95. The van der Waals surface area contributed by atoms with E-state index in [2.05, 4.69) is 17.4 Å². The Hall–Kier alpha value is -1.84. The SMILES string of the molecule is CC(CNC(=O)C1CC12CCc1ccccc12)C(=O)O. The first-order chi connectivity index (χ1) is 9.54. The number of rotatable bonds is 4. The number of carbonyl (C=O) groups excluding carboxylic acids is 1. The van der Waals surface area contributed by atoms with Crippen LogP contribution >= 0.6 is 0 Å². The first-order valence-corrected chi connectivity index (χ1v) is 7.13. The van der Waals surface area contributed by atoms with Gasteiger partial charge in [0, 0.05) is 17.9 Å². The number of amides is 1. The van der Waals surface area contributed by atoms with Crippen LogP contribution in [0.2, 0.25) is 0 Å². The van der Waals surface area contributed by atoms with Gasteiger partial charge in [-0.3, -0.25) is 9.59 Å². The molecule has 0 heterocycles. The van der Waals surface area contributed by atoms with Crippen LogP contribution in [0, 0.1) is 11.8 Å². The molecule has 0 radical (unpaired) electrons. The van der Waals surface area contributed by atoms with Crippen molar-refractivity contribution >= 4 is 11.9 Å². The number of benzene rings is 1. The van der Waals surface area contributed by atoms with Gasteiger partial charge in [-0.1, -0.05) is 31.2 Å². The minimum Gasteiger partial charge on any atom is -0.481 e. The predicted octanol–water partition coefficient (Wildman–Crippen LogP) is 1.73. The van der Waals surface area contributed by atoms with Crippen LogP contribution in [0.1, 0.15) is 30.9 Å². The molecule has 1 spiro atoms. The number of carboxylic acid groups (broad SMARTS) is 1. The highest BCUT2D eigenvalue weighted by atomic mass is 16.4. The molecule has 1 aromatic rings. The fourth-order valence-electron chi connectivity index (χ4n) is 3.40. The van der Waals surface area contributed by atoms with Crippen LogP contribution in [0.25, 0.3) is 0 Å². The molecule has 0 aliphatic heterocycles. The van der Waals surface area contributed by atoms with E-state index in [0.717, 1.165) is 19.3 Å². The van der Waals surface area contributed by atoms with Crippen LogP contribution in [0.5, 0.6) is 0 Å². The number of nitrogens with one attached hydrogen (secondary N) is 1. The molecule has 3 rings (SSSR count). The van der Waals surface area contributed by atoms with Crippen molar-refractivity contribution < 1.29 is 14.7 Å². The number of carbonyl (C=O) groups is 2. The van der Waals surface area contributed by atoms with E-state index in [0.29, 0.717) is 0 Å². The highest BCUT2D eigenvalue weighted by Gasteiger charge is 2.61. The van der Waals surface area contributed by atoms with Crippen LogP contribution in [0.3, 0.4) is 0 Å². The minimum absolute atomic E-state index is 0.00908. The number of fused-ring (bicyclic) bond motifs is 2. The summed E-state index contributed by atoms with van der Waals surface area (Å²) in [5.41, 5.74) is 2.72. The fraction of sp³-hybridized carbons (Fsp3) is 0.500. The number of hydrogen-bond donors (Lipinski definition) is 2. The summed E-state index contributed by atoms with van der Waals surface area (Å²) >= 11 is 0. The zero-order valence-electron chi connectivity index (χ0n) is 11.6. The van der Waals surface area contributed by atoms with Gasteiger partial charge in [0.2, 0.25) is 5.91 Å². The summed E-state index contributed by atoms with van der Waals surface area (Å²) < 4.78 is 0. The molecule has 3 unspecified atom stereocenters. The first-order valence-electron chi connectivity index (χ1n) is 7.13. The Labute approximate surface area is 118 Å². The molecule has 0 bridgehead atoms. The first kappa shape index (κ1) is 13.2. The molecule has 20 heavy (non-hydrogen) atoms. The van der Waals surface area contributed by atoms with E-state index in [4.69, 9.17) is 5.11 Å². The maximum atomic E-state index is 12.2. The normalized spacial score (nSPS) is 27.9. The molecule has 3 atom stereocenters. The smallest absolute Gasteiger partial charge is 0.308 e. The lowest BCUT2D eigenvalue weighted by Gasteiger charge is -2.12. The molecule has 2 aliphatic rings. The third kappa shape index (κ3) is 1.99. The number of carboxylic acids is 1. The van der Waals surface area contributed by atoms with Crippen molar-refractivity contribution in [3.63, 3.8) is 0 Å². The number of aliphatic carboxylic acids is 1. The average molecular weight is 273 g/mol. The lowest BCUT2D eigenvalue weighted by molar-refractivity contribution is -0.141. The van der Waals surface area contributed by atoms with Crippen molar-refractivity contribution in [2.24, 2.45) is 11.8 Å². The van der Waals surface area contributed by atoms with Crippen molar-refractivity contribution in [2.45, 2.75) is 31.6 Å². The maximum absolute atomic E-state index is 12.2. The van der Waals surface area contributed by atoms with E-state index in [1.165, 1.54) is 11.1 Å². The maximum Gasteiger partial charge on any atom is 0.308 e. The van der Waals surface area contributed by atoms with Crippen LogP contribution in [-0.2, 0) is 21.4 Å². The quantitative estimate of drug-likeness (QED) is 0.878. The van der Waals surface area contributed by atoms with Crippen molar-refractivity contribution in [1.29, 1.82) is 0 Å². The Morgan fingerprint density at radius 2 is 2.20 bits per heavy atom. The van der Waals surface area contributed by atoms with Crippen molar-refractivity contribution in [3.05, 3.63) is 35.4 Å². The molecule has 0 saturated heterocycles. The zero-order valence-corrected chi connectivity index (χ0v) is 11.6. The Balaban J connectivity index is 1.65. The molecular weight excluding hydrogens is 254 g/mol. The molecule has 4 nitrogen and oxygen atoms in total. The summed E-state index contributed by atoms with van der Waals surface area (Å²) in [5.74, 6) is -1.38. The largest absolute Gasteiger partial charge is 0.481 e. The second-order valence-electron chi connectivity index (χ2n) is 6.05. The molecule has 1 saturated carbocycles. The lowest BCUT2D eigenvalue weighted by Crippen LogP contribution is -2.34. The summed E-state index contributed by atoms with van der Waals surface area (Å²) in [7, 11) is 0. The highest BCUT2D eigenvalue weighted by Crippen LogP contribution is 2.61. The van der Waals surface area contributed by atoms with E-state index >= 15 is 0 Å². The highest BCUT2D eigenvalue weighted by molar-refractivity contribution is 5.85. The Kier molecular flexibility index (Phi) is 3.04. The third-order valence-electron chi connectivity index (χ3n) is 4.79. The van der Waals surface area contributed by atoms with E-state index < -0.39 is 11.9 Å². The summed E-state index contributed by atoms with van der Waals surface area (Å²) in [4.78, 5) is 23.0. The van der Waals surface area contributed by atoms with Crippen LogP contribution < -0.4 is 5.32 Å². The van der Waals surface area contributed by atoms with E-state index in [9.17, 15) is 9.59 Å². The average Bonchev–Trinajstić information content (AvgIpc) is 3.06. The number of aryl methyl sites for hydroxylation is 1. The molecule has 1 fully saturated rings. The molecule has 2 aliphatic carbocycles. The van der Waals surface area contributed by atoms with Gasteiger partial charge in [0.1, 0.15) is 0 Å². The van der Waals surface area contributed by atoms with Crippen molar-refractivity contribution in [1.82, 2.24) is 5.32 Å². The third-order valence-corrected chi connectivity index (χ3v) is 4.79. The van der Waals surface area contributed by atoms with Gasteiger partial charge in [-0.25, -0.2) is 0 Å². The van der Waals surface area contributed by atoms with E-state index in [1.807, 2.05) is 12.1 Å². The Bertz CT molecular complexity index is 569. The summed E-state index contributed by atoms with van der Waals surface area (Å²) in [6, 6.07) is 8.36. The van der Waals surface area contributed by atoms with Gasteiger partial charge in [-0.2, -0.15) is 0 Å². The second kappa shape index (κ2) is 4.62. The van der Waals surface area contributed by atoms with E-state index in [-0.39, 0.29) is 23.8 Å². The van der Waals surface area contributed by atoms with E-state index in [1.54, 1.807) is 6.92 Å². The second-order valence-corrected chi connectivity index (χ2v) is 6.05. The van der Waals surface area contributed by atoms with Gasteiger partial charge in [0.25, 0.3) is 0 Å². The van der Waals surface area contributed by atoms with Crippen molar-refractivity contribution in [3.8, 4) is 0 Å². The molecular formula is C16H19NO3. The number of hydrogen-bond acceptors (Lipinski definition) is 2. The van der Waals surface area contributed by atoms with Crippen LogP contribution in [0.15, 0.2) is 24.3 Å². The minimum atomic E-state index is -0.873. The van der Waals surface area contributed by atoms with Crippen LogP contribution in [0.4, 0.5) is 0 Å². The molecule has 0 aromatic heterocycles. The molecule has 1 amide bonds. The fourth-order valence-corrected chi connectivity index (χ4v) is 3.40. The van der Waals surface area contributed by atoms with Gasteiger partial charge in [-0.05, 0) is 30.4 Å². The zero-order chi connectivity index (χ0) is 14.3. The topological polar surface area (TPSA) is 66.4 Å². The summed E-state index contributed by atoms with van der Waals surface area (Å²) in [5, 5.41) is 11.6. The molecule has 1 aromatic carbocycles. The summed E-state index contributed by atoms with van der Waals surface area (Å²) in [6.07, 6.45) is 2.99. The monoisotopic (exact) mass is 273 g/mol. The molecule has 4 heteroatoms. The van der Waals surface area contributed by atoms with Crippen molar-refractivity contribution in [2.75, 3.05) is 6.54 Å².